The summed E-state index contributed by atoms with van der Waals surface area (Å²) in [6.07, 6.45) is 0. The minimum absolute atomic E-state index is 0.218. The number of aryl methyl sites for hydroxylation is 1. The minimum atomic E-state index is -0.938. The number of nitrogens with zero attached hydrogens (tertiary/aromatic N) is 2. The fourth-order valence-electron chi connectivity index (χ4n) is 2.54. The van der Waals surface area contributed by atoms with E-state index >= 15 is 0 Å². The number of pyridine rings is 1. The second kappa shape index (κ2) is 5.72. The van der Waals surface area contributed by atoms with Gasteiger partial charge in [0.15, 0.2) is 5.82 Å². The zero-order valence-corrected chi connectivity index (χ0v) is 13.2. The second-order valence-corrected chi connectivity index (χ2v) is 5.85. The van der Waals surface area contributed by atoms with Crippen LogP contribution in [-0.4, -0.2) is 26.3 Å². The first-order chi connectivity index (χ1) is 10.9. The van der Waals surface area contributed by atoms with Crippen LogP contribution in [0.4, 0.5) is 11.6 Å². The van der Waals surface area contributed by atoms with Crippen LogP contribution in [0.5, 0.6) is 0 Å². The number of rotatable bonds is 4. The maximum Gasteiger partial charge on any atom is 0.335 e. The molecule has 23 heavy (non-hydrogen) atoms. The summed E-state index contributed by atoms with van der Waals surface area (Å²) >= 11 is 0. The average Bonchev–Trinajstić information content (AvgIpc) is 2.90. The zero-order valence-electron chi connectivity index (χ0n) is 13.2. The van der Waals surface area contributed by atoms with Crippen LogP contribution >= 0.6 is 0 Å². The van der Waals surface area contributed by atoms with Crippen molar-refractivity contribution in [1.82, 2.24) is 15.2 Å². The fraction of sp³-hybridized carbons (Fsp3) is 0.235. The van der Waals surface area contributed by atoms with Crippen molar-refractivity contribution in [3.05, 3.63) is 47.3 Å². The maximum atomic E-state index is 11.2. The Balaban J connectivity index is 2.12. The lowest BCUT2D eigenvalue weighted by Gasteiger charge is -2.13. The van der Waals surface area contributed by atoms with Gasteiger partial charge < -0.3 is 10.4 Å². The lowest BCUT2D eigenvalue weighted by Crippen LogP contribution is -2.02. The van der Waals surface area contributed by atoms with E-state index in [2.05, 4.69) is 34.3 Å². The Kier molecular flexibility index (Phi) is 3.73. The van der Waals surface area contributed by atoms with Crippen molar-refractivity contribution >= 4 is 28.4 Å². The molecular weight excluding hydrogens is 292 g/mol. The number of hydrogen-bond acceptors (Lipinski definition) is 4. The molecule has 0 aliphatic carbocycles. The molecule has 6 nitrogen and oxygen atoms in total. The molecule has 118 valence electrons. The average molecular weight is 310 g/mol. The standard InChI is InChI=1S/C17H18N4O2/c1-9(2)16-13-5-4-11(17(22)23)7-12(13)8-14(19-16)18-15-6-10(3)20-21-15/h4-9H,1-3H3,(H,22,23)(H2,18,19,20,21). The molecule has 0 saturated carbocycles. The molecule has 0 spiro atoms. The normalized spacial score (nSPS) is 11.1. The van der Waals surface area contributed by atoms with Gasteiger partial charge in [-0.05, 0) is 36.4 Å². The van der Waals surface area contributed by atoms with Crippen molar-refractivity contribution in [3.8, 4) is 0 Å². The molecular formula is C17H18N4O2. The van der Waals surface area contributed by atoms with Gasteiger partial charge in [-0.25, -0.2) is 9.78 Å². The number of H-pyrrole nitrogens is 1. The summed E-state index contributed by atoms with van der Waals surface area (Å²) in [7, 11) is 0. The first-order valence-corrected chi connectivity index (χ1v) is 7.41. The SMILES string of the molecule is Cc1cc(Nc2cc3cc(C(=O)O)ccc3c(C(C)C)n2)n[nH]1. The third kappa shape index (κ3) is 3.01. The van der Waals surface area contributed by atoms with Crippen molar-refractivity contribution in [2.45, 2.75) is 26.7 Å². The van der Waals surface area contributed by atoms with Gasteiger partial charge in [0.2, 0.25) is 0 Å². The van der Waals surface area contributed by atoms with Crippen molar-refractivity contribution in [2.75, 3.05) is 5.32 Å². The van der Waals surface area contributed by atoms with Crippen LogP contribution in [0.2, 0.25) is 0 Å². The number of fused-ring (bicyclic) bond motifs is 1. The number of hydrogen-bond donors (Lipinski definition) is 3. The van der Waals surface area contributed by atoms with Gasteiger partial charge in [0, 0.05) is 17.1 Å². The maximum absolute atomic E-state index is 11.2. The molecule has 3 rings (SSSR count). The van der Waals surface area contributed by atoms with Crippen LogP contribution in [0.3, 0.4) is 0 Å². The minimum Gasteiger partial charge on any atom is -0.478 e. The van der Waals surface area contributed by atoms with E-state index in [1.165, 1.54) is 0 Å². The predicted octanol–water partition coefficient (Wildman–Crippen LogP) is 3.83. The van der Waals surface area contributed by atoms with Crippen LogP contribution in [0.1, 0.15) is 41.5 Å². The van der Waals surface area contributed by atoms with Gasteiger partial charge >= 0.3 is 5.97 Å². The topological polar surface area (TPSA) is 90.9 Å². The van der Waals surface area contributed by atoms with Gasteiger partial charge in [-0.3, -0.25) is 5.10 Å². The first kappa shape index (κ1) is 15.0. The molecule has 0 radical (unpaired) electrons. The third-order valence-electron chi connectivity index (χ3n) is 3.62. The summed E-state index contributed by atoms with van der Waals surface area (Å²) in [5.74, 6) is 0.608. The van der Waals surface area contributed by atoms with E-state index in [1.54, 1.807) is 12.1 Å². The van der Waals surface area contributed by atoms with Gasteiger partial charge in [0.1, 0.15) is 5.82 Å². The molecule has 3 aromatic rings. The number of aromatic amines is 1. The number of nitrogens with one attached hydrogen (secondary N) is 2. The highest BCUT2D eigenvalue weighted by molar-refractivity contribution is 5.96. The van der Waals surface area contributed by atoms with Gasteiger partial charge in [0.25, 0.3) is 0 Å². The molecule has 0 aliphatic heterocycles. The number of carboxylic acid groups (broad SMARTS) is 1. The lowest BCUT2D eigenvalue weighted by molar-refractivity contribution is 0.0697. The molecule has 0 bridgehead atoms. The van der Waals surface area contributed by atoms with Gasteiger partial charge in [-0.1, -0.05) is 19.9 Å². The lowest BCUT2D eigenvalue weighted by atomic mass is 10.00. The van der Waals surface area contributed by atoms with Crippen LogP contribution in [0.15, 0.2) is 30.3 Å². The molecule has 2 heterocycles. The molecule has 0 aliphatic rings. The highest BCUT2D eigenvalue weighted by atomic mass is 16.4. The molecule has 0 unspecified atom stereocenters. The van der Waals surface area contributed by atoms with Gasteiger partial charge in [-0.2, -0.15) is 5.10 Å². The van der Waals surface area contributed by atoms with Crippen LogP contribution < -0.4 is 5.32 Å². The van der Waals surface area contributed by atoms with Gasteiger partial charge in [-0.15, -0.1) is 0 Å². The summed E-state index contributed by atoms with van der Waals surface area (Å²) in [6.45, 7) is 6.05. The van der Waals surface area contributed by atoms with E-state index < -0.39 is 5.97 Å². The Morgan fingerprint density at radius 1 is 1.22 bits per heavy atom. The second-order valence-electron chi connectivity index (χ2n) is 5.85. The molecule has 6 heteroatoms. The van der Waals surface area contributed by atoms with E-state index in [-0.39, 0.29) is 11.5 Å². The molecule has 2 aromatic heterocycles. The molecule has 0 fully saturated rings. The third-order valence-corrected chi connectivity index (χ3v) is 3.62. The highest BCUT2D eigenvalue weighted by Gasteiger charge is 2.12. The number of anilines is 2. The highest BCUT2D eigenvalue weighted by Crippen LogP contribution is 2.28. The fourth-order valence-corrected chi connectivity index (χ4v) is 2.54. The molecule has 0 saturated heterocycles. The number of benzene rings is 1. The summed E-state index contributed by atoms with van der Waals surface area (Å²) in [4.78, 5) is 15.9. The summed E-state index contributed by atoms with van der Waals surface area (Å²) in [6, 6.07) is 8.84. The molecule has 0 amide bonds. The van der Waals surface area contributed by atoms with E-state index in [1.807, 2.05) is 25.1 Å². The quantitative estimate of drug-likeness (QED) is 0.681. The van der Waals surface area contributed by atoms with Crippen LogP contribution in [-0.2, 0) is 0 Å². The van der Waals surface area contributed by atoms with E-state index in [0.717, 1.165) is 22.2 Å². The van der Waals surface area contributed by atoms with Gasteiger partial charge in [0.05, 0.1) is 11.3 Å². The predicted molar refractivity (Wildman–Crippen MR) is 89.4 cm³/mol. The molecule has 1 aromatic carbocycles. The van der Waals surface area contributed by atoms with Crippen molar-refractivity contribution in [1.29, 1.82) is 0 Å². The van der Waals surface area contributed by atoms with Crippen molar-refractivity contribution in [2.24, 2.45) is 0 Å². The Morgan fingerprint density at radius 3 is 2.61 bits per heavy atom. The summed E-state index contributed by atoms with van der Waals surface area (Å²) < 4.78 is 0. The van der Waals surface area contributed by atoms with Crippen LogP contribution in [0, 0.1) is 6.92 Å². The zero-order chi connectivity index (χ0) is 16.6. The Labute approximate surface area is 133 Å². The van der Waals surface area contributed by atoms with Crippen molar-refractivity contribution in [3.63, 3.8) is 0 Å². The van der Waals surface area contributed by atoms with E-state index in [4.69, 9.17) is 0 Å². The molecule has 3 N–H and O–H groups in total. The largest absolute Gasteiger partial charge is 0.478 e. The Morgan fingerprint density at radius 2 is 2.00 bits per heavy atom. The van der Waals surface area contributed by atoms with E-state index in [9.17, 15) is 9.90 Å². The number of carbonyl (C=O) groups is 1. The number of aromatic carboxylic acids is 1. The smallest absolute Gasteiger partial charge is 0.335 e. The number of aromatic nitrogens is 3. The van der Waals surface area contributed by atoms with Crippen LogP contribution in [0.25, 0.3) is 10.8 Å². The Bertz CT molecular complexity index is 883. The first-order valence-electron chi connectivity index (χ1n) is 7.41. The van der Waals surface area contributed by atoms with E-state index in [0.29, 0.717) is 11.6 Å². The summed E-state index contributed by atoms with van der Waals surface area (Å²) in [5, 5.41) is 21.2. The Hall–Kier alpha value is -2.89. The summed E-state index contributed by atoms with van der Waals surface area (Å²) in [5.41, 5.74) is 2.14. The number of carboxylic acids is 1. The monoisotopic (exact) mass is 310 g/mol. The van der Waals surface area contributed by atoms with Crippen molar-refractivity contribution < 1.29 is 9.90 Å². The molecule has 0 atom stereocenters.